The minimum Gasteiger partial charge on any atom is -0.136 e. The maximum Gasteiger partial charge on any atom is 0.116 e. The fraction of sp³-hybridized carbons (Fsp3) is 0.0833. The van der Waals surface area contributed by atoms with Crippen LogP contribution in [0.15, 0.2) is 72.8 Å². The van der Waals surface area contributed by atoms with Crippen LogP contribution in [0.2, 0.25) is 13.1 Å². The molecule has 0 N–H and O–H groups in total. The molecule has 5 rings (SSSR count). The second kappa shape index (κ2) is 6.45. The van der Waals surface area contributed by atoms with Crippen LogP contribution in [0, 0.1) is 0 Å². The van der Waals surface area contributed by atoms with Gasteiger partial charge in [0.2, 0.25) is 0 Å². The molecule has 0 spiro atoms. The van der Waals surface area contributed by atoms with E-state index < -0.39 is 8.07 Å². The quantitative estimate of drug-likeness (QED) is 0.339. The summed E-state index contributed by atoms with van der Waals surface area (Å²) < 4.78 is 0. The Hall–Kier alpha value is -2.20. The maximum atomic E-state index is 2.50. The van der Waals surface area contributed by atoms with Crippen LogP contribution >= 0.6 is 22.7 Å². The van der Waals surface area contributed by atoms with E-state index in [9.17, 15) is 0 Å². The van der Waals surface area contributed by atoms with Crippen molar-refractivity contribution in [3.8, 4) is 20.9 Å². The first-order chi connectivity index (χ1) is 13.1. The zero-order chi connectivity index (χ0) is 18.4. The van der Waals surface area contributed by atoms with Gasteiger partial charge < -0.3 is 0 Å². The summed E-state index contributed by atoms with van der Waals surface area (Å²) in [5, 5.41) is 3.14. The van der Waals surface area contributed by atoms with E-state index >= 15 is 0 Å². The van der Waals surface area contributed by atoms with Gasteiger partial charge >= 0.3 is 0 Å². The number of fused-ring (bicyclic) bond motifs is 2. The SMILES string of the molecule is C[Si]1(C)c2cc(-c3ccccc3)sc2C=Cc2sc(-c3ccccc3)cc21. The first kappa shape index (κ1) is 16.9. The minimum absolute atomic E-state index is 1.32. The molecule has 1 aliphatic heterocycles. The topological polar surface area (TPSA) is 0 Å². The molecule has 132 valence electrons. The predicted octanol–water partition coefficient (Wildman–Crippen LogP) is 6.45. The lowest BCUT2D eigenvalue weighted by Gasteiger charge is -2.21. The number of hydrogen-bond acceptors (Lipinski definition) is 2. The van der Waals surface area contributed by atoms with Crippen LogP contribution in [0.3, 0.4) is 0 Å². The number of hydrogen-bond donors (Lipinski definition) is 0. The molecule has 0 fully saturated rings. The number of thiophene rings is 2. The molecule has 0 saturated carbocycles. The van der Waals surface area contributed by atoms with E-state index in [1.165, 1.54) is 30.6 Å². The molecule has 2 aromatic carbocycles. The van der Waals surface area contributed by atoms with Crippen molar-refractivity contribution in [3.05, 3.63) is 82.6 Å². The fourth-order valence-electron chi connectivity index (χ4n) is 3.82. The van der Waals surface area contributed by atoms with Gasteiger partial charge in [-0.1, -0.05) is 73.8 Å². The average Bonchev–Trinajstić information content (AvgIpc) is 3.31. The third-order valence-corrected chi connectivity index (χ3v) is 11.6. The van der Waals surface area contributed by atoms with Crippen LogP contribution < -0.4 is 10.4 Å². The van der Waals surface area contributed by atoms with E-state index in [-0.39, 0.29) is 0 Å². The Bertz CT molecular complexity index is 1040. The van der Waals surface area contributed by atoms with Gasteiger partial charge in [0, 0.05) is 19.5 Å². The van der Waals surface area contributed by atoms with E-state index in [2.05, 4.69) is 98.0 Å². The highest BCUT2D eigenvalue weighted by atomic mass is 32.1. The van der Waals surface area contributed by atoms with Gasteiger partial charge in [-0.25, -0.2) is 0 Å². The zero-order valence-electron chi connectivity index (χ0n) is 15.4. The standard InChI is InChI=1S/C24H20S2Si/c1-27(2)23-15-21(17-9-5-3-6-10-17)25-19(23)13-14-20-24(27)16-22(26-20)18-11-7-4-8-12-18/h3-16H,1-2H3. The summed E-state index contributed by atoms with van der Waals surface area (Å²) in [7, 11) is -1.75. The van der Waals surface area contributed by atoms with Crippen LogP contribution in [0.4, 0.5) is 0 Å². The molecule has 4 aromatic rings. The van der Waals surface area contributed by atoms with Gasteiger partial charge in [0.05, 0.1) is 0 Å². The van der Waals surface area contributed by atoms with Gasteiger partial charge in [0.15, 0.2) is 0 Å². The highest BCUT2D eigenvalue weighted by Crippen LogP contribution is 2.35. The summed E-state index contributed by atoms with van der Waals surface area (Å²) in [4.78, 5) is 5.64. The van der Waals surface area contributed by atoms with Gasteiger partial charge in [-0.05, 0) is 45.8 Å². The molecule has 0 saturated heterocycles. The fourth-order valence-corrected chi connectivity index (χ4v) is 10.5. The lowest BCUT2D eigenvalue weighted by molar-refractivity contribution is 1.69. The Morgan fingerprint density at radius 3 is 1.41 bits per heavy atom. The molecular formula is C24H20S2Si. The molecule has 0 amide bonds. The first-order valence-electron chi connectivity index (χ1n) is 9.20. The van der Waals surface area contributed by atoms with Crippen LogP contribution in [-0.4, -0.2) is 8.07 Å². The Morgan fingerprint density at radius 1 is 0.593 bits per heavy atom. The van der Waals surface area contributed by atoms with Gasteiger partial charge in [-0.15, -0.1) is 22.7 Å². The van der Waals surface area contributed by atoms with Crippen LogP contribution in [0.1, 0.15) is 9.75 Å². The van der Waals surface area contributed by atoms with Gasteiger partial charge in [-0.2, -0.15) is 0 Å². The molecule has 0 radical (unpaired) electrons. The average molecular weight is 401 g/mol. The third kappa shape index (κ3) is 2.87. The van der Waals surface area contributed by atoms with Gasteiger partial charge in [-0.3, -0.25) is 0 Å². The summed E-state index contributed by atoms with van der Waals surface area (Å²) in [6.45, 7) is 5.00. The van der Waals surface area contributed by atoms with Crippen molar-refractivity contribution in [3.63, 3.8) is 0 Å². The summed E-state index contributed by atoms with van der Waals surface area (Å²) in [6, 6.07) is 26.5. The van der Waals surface area contributed by atoms with Crippen molar-refractivity contribution >= 4 is 53.3 Å². The number of benzene rings is 2. The predicted molar refractivity (Wildman–Crippen MR) is 125 cm³/mol. The van der Waals surface area contributed by atoms with Crippen LogP contribution in [0.5, 0.6) is 0 Å². The number of rotatable bonds is 2. The molecule has 1 aliphatic rings. The van der Waals surface area contributed by atoms with Gasteiger partial charge in [0.25, 0.3) is 0 Å². The van der Waals surface area contributed by atoms with E-state index in [1.54, 1.807) is 10.4 Å². The Balaban J connectivity index is 1.63. The molecule has 0 aliphatic carbocycles. The van der Waals surface area contributed by atoms with Crippen LogP contribution in [-0.2, 0) is 0 Å². The lowest BCUT2D eigenvalue weighted by atomic mass is 10.2. The Morgan fingerprint density at radius 2 is 1.00 bits per heavy atom. The highest BCUT2D eigenvalue weighted by Gasteiger charge is 2.34. The summed E-state index contributed by atoms with van der Waals surface area (Å²) in [6.07, 6.45) is 4.69. The normalized spacial score (nSPS) is 14.4. The lowest BCUT2D eigenvalue weighted by Crippen LogP contribution is -2.53. The van der Waals surface area contributed by atoms with E-state index in [0.29, 0.717) is 0 Å². The van der Waals surface area contributed by atoms with E-state index in [4.69, 9.17) is 0 Å². The largest absolute Gasteiger partial charge is 0.136 e. The minimum atomic E-state index is -1.75. The van der Waals surface area contributed by atoms with Crippen molar-refractivity contribution in [2.75, 3.05) is 0 Å². The Labute approximate surface area is 169 Å². The smallest absolute Gasteiger partial charge is 0.116 e. The zero-order valence-corrected chi connectivity index (χ0v) is 18.0. The van der Waals surface area contributed by atoms with Crippen molar-refractivity contribution in [2.24, 2.45) is 0 Å². The van der Waals surface area contributed by atoms with Crippen molar-refractivity contribution < 1.29 is 0 Å². The maximum absolute atomic E-state index is 2.50. The molecule has 0 nitrogen and oxygen atoms in total. The second-order valence-corrected chi connectivity index (χ2v) is 14.0. The molecule has 0 atom stereocenters. The molecule has 3 heteroatoms. The van der Waals surface area contributed by atoms with Crippen molar-refractivity contribution in [1.29, 1.82) is 0 Å². The molecule has 0 unspecified atom stereocenters. The van der Waals surface area contributed by atoms with Crippen molar-refractivity contribution in [1.82, 2.24) is 0 Å². The molecular weight excluding hydrogens is 380 g/mol. The van der Waals surface area contributed by atoms with Crippen LogP contribution in [0.25, 0.3) is 33.0 Å². The first-order valence-corrected chi connectivity index (χ1v) is 13.8. The molecule has 27 heavy (non-hydrogen) atoms. The van der Waals surface area contributed by atoms with E-state index in [1.807, 2.05) is 22.7 Å². The second-order valence-electron chi connectivity index (χ2n) is 7.47. The molecule has 2 aromatic heterocycles. The van der Waals surface area contributed by atoms with Crippen molar-refractivity contribution in [2.45, 2.75) is 13.1 Å². The highest BCUT2D eigenvalue weighted by molar-refractivity contribution is 7.22. The molecule has 3 heterocycles. The summed E-state index contributed by atoms with van der Waals surface area (Å²) >= 11 is 3.86. The summed E-state index contributed by atoms with van der Waals surface area (Å²) in [5.41, 5.74) is 2.65. The van der Waals surface area contributed by atoms with Gasteiger partial charge in [0.1, 0.15) is 8.07 Å². The molecule has 0 bridgehead atoms. The third-order valence-electron chi connectivity index (χ3n) is 5.37. The Kier molecular flexibility index (Phi) is 4.04. The monoisotopic (exact) mass is 400 g/mol. The van der Waals surface area contributed by atoms with E-state index in [0.717, 1.165) is 0 Å². The summed E-state index contributed by atoms with van der Waals surface area (Å²) in [5.74, 6) is 0.